The van der Waals surface area contributed by atoms with Crippen LogP contribution in [0.1, 0.15) is 12.0 Å². The van der Waals surface area contributed by atoms with Gasteiger partial charge in [0.1, 0.15) is 4.21 Å². The quantitative estimate of drug-likeness (QED) is 0.391. The Balaban J connectivity index is 1.79. The largest absolute Gasteiger partial charge is 0.481 e. The Kier molecular flexibility index (Phi) is 5.59. The van der Waals surface area contributed by atoms with Gasteiger partial charge in [0.05, 0.1) is 5.52 Å². The molecule has 0 atom stereocenters. The van der Waals surface area contributed by atoms with Crippen molar-refractivity contribution in [2.45, 2.75) is 17.1 Å². The number of hydrogen-bond acceptors (Lipinski definition) is 4. The summed E-state index contributed by atoms with van der Waals surface area (Å²) in [6.07, 6.45) is 1.38. The van der Waals surface area contributed by atoms with Crippen LogP contribution >= 0.6 is 22.9 Å². The fourth-order valence-corrected chi connectivity index (χ4v) is 6.19. The number of nitrogens with zero attached hydrogens (tertiary/aromatic N) is 1. The lowest BCUT2D eigenvalue weighted by Crippen LogP contribution is -2.10. The number of carboxylic acids is 1. The molecule has 0 amide bonds. The van der Waals surface area contributed by atoms with Gasteiger partial charge in [-0.2, -0.15) is 8.42 Å². The lowest BCUT2D eigenvalue weighted by atomic mass is 10.1. The van der Waals surface area contributed by atoms with E-state index >= 15 is 0 Å². The Labute approximate surface area is 185 Å². The molecule has 2 aromatic carbocycles. The Bertz CT molecular complexity index is 1430. The monoisotopic (exact) mass is 481 g/mol. The molecule has 0 saturated carbocycles. The number of benzene rings is 2. The van der Waals surface area contributed by atoms with Crippen molar-refractivity contribution in [3.8, 4) is 10.4 Å². The van der Waals surface area contributed by atoms with Crippen molar-refractivity contribution in [1.82, 2.24) is 3.97 Å². The second kappa shape index (κ2) is 8.07. The second-order valence-corrected chi connectivity index (χ2v) is 10.3. The number of aliphatic carboxylic acids is 1. The van der Waals surface area contributed by atoms with Crippen LogP contribution in [0.5, 0.6) is 0 Å². The molecular formula is C21H14ClF2NO4S2. The van der Waals surface area contributed by atoms with Crippen molar-refractivity contribution in [2.75, 3.05) is 0 Å². The highest BCUT2D eigenvalue weighted by molar-refractivity contribution is 7.92. The number of rotatable bonds is 6. The van der Waals surface area contributed by atoms with Crippen LogP contribution in [-0.4, -0.2) is 23.5 Å². The maximum atomic E-state index is 13.6. The first-order chi connectivity index (χ1) is 14.7. The average Bonchev–Trinajstić information content (AvgIpc) is 3.34. The lowest BCUT2D eigenvalue weighted by Gasteiger charge is -2.05. The summed E-state index contributed by atoms with van der Waals surface area (Å²) in [4.78, 5) is 11.4. The van der Waals surface area contributed by atoms with E-state index < -0.39 is 27.6 Å². The third-order valence-electron chi connectivity index (χ3n) is 4.72. The number of halogens is 3. The summed E-state index contributed by atoms with van der Waals surface area (Å²) >= 11 is 6.98. The SMILES string of the molecule is O=C(O)CCc1cn(S(=O)(=O)c2ccc(-c3ccc(F)c(F)c3)s2)c2ccc(Cl)cc12. The number of aromatic nitrogens is 1. The molecular weight excluding hydrogens is 468 g/mol. The van der Waals surface area contributed by atoms with E-state index in [9.17, 15) is 22.0 Å². The number of carboxylic acid groups (broad SMARTS) is 1. The summed E-state index contributed by atoms with van der Waals surface area (Å²) in [6, 6.07) is 11.0. The van der Waals surface area contributed by atoms with Gasteiger partial charge in [0.25, 0.3) is 10.0 Å². The fraction of sp³-hybridized carbons (Fsp3) is 0.0952. The molecule has 0 unspecified atom stereocenters. The highest BCUT2D eigenvalue weighted by Crippen LogP contribution is 2.35. The number of fused-ring (bicyclic) bond motifs is 1. The van der Waals surface area contributed by atoms with Crippen LogP contribution in [0, 0.1) is 11.6 Å². The molecule has 4 aromatic rings. The van der Waals surface area contributed by atoms with Crippen molar-refractivity contribution >= 4 is 49.8 Å². The number of hydrogen-bond donors (Lipinski definition) is 1. The van der Waals surface area contributed by atoms with E-state index in [-0.39, 0.29) is 17.1 Å². The topological polar surface area (TPSA) is 76.4 Å². The van der Waals surface area contributed by atoms with Gasteiger partial charge in [0.2, 0.25) is 0 Å². The van der Waals surface area contributed by atoms with Crippen LogP contribution < -0.4 is 0 Å². The van der Waals surface area contributed by atoms with E-state index in [1.807, 2.05) is 0 Å². The van der Waals surface area contributed by atoms with Gasteiger partial charge >= 0.3 is 5.97 Å². The van der Waals surface area contributed by atoms with Crippen molar-refractivity contribution in [3.63, 3.8) is 0 Å². The Morgan fingerprint density at radius 1 is 1.06 bits per heavy atom. The normalized spacial score (nSPS) is 11.8. The van der Waals surface area contributed by atoms with Crippen LogP contribution in [0.15, 0.2) is 58.9 Å². The molecule has 10 heteroatoms. The van der Waals surface area contributed by atoms with Crippen LogP contribution in [0.3, 0.4) is 0 Å². The molecule has 1 N–H and O–H groups in total. The summed E-state index contributed by atoms with van der Waals surface area (Å²) in [5.74, 6) is -3.01. The molecule has 0 aliphatic rings. The maximum absolute atomic E-state index is 13.6. The maximum Gasteiger partial charge on any atom is 0.303 e. The Morgan fingerprint density at radius 2 is 1.84 bits per heavy atom. The fourth-order valence-electron chi connectivity index (χ4n) is 3.24. The molecule has 0 bridgehead atoms. The van der Waals surface area contributed by atoms with Gasteiger partial charge in [0.15, 0.2) is 11.6 Å². The standard InChI is InChI=1S/C21H14ClF2NO4S2/c22-14-3-5-18-15(10-14)13(2-7-20(26)27)11-25(18)31(28,29)21-8-6-19(30-21)12-1-4-16(23)17(24)9-12/h1,3-6,8-11H,2,7H2,(H,26,27). The average molecular weight is 482 g/mol. The predicted molar refractivity (Wildman–Crippen MR) is 115 cm³/mol. The molecule has 5 nitrogen and oxygen atoms in total. The van der Waals surface area contributed by atoms with Crippen molar-refractivity contribution in [2.24, 2.45) is 0 Å². The summed E-state index contributed by atoms with van der Waals surface area (Å²) in [5, 5.41) is 9.94. The van der Waals surface area contributed by atoms with Gasteiger partial charge in [-0.25, -0.2) is 12.8 Å². The lowest BCUT2D eigenvalue weighted by molar-refractivity contribution is -0.136. The first-order valence-corrected chi connectivity index (χ1v) is 11.6. The minimum Gasteiger partial charge on any atom is -0.481 e. The molecule has 0 spiro atoms. The van der Waals surface area contributed by atoms with E-state index in [1.165, 1.54) is 24.4 Å². The summed E-state index contributed by atoms with van der Waals surface area (Å²) < 4.78 is 54.5. The molecule has 0 radical (unpaired) electrons. The molecule has 2 heterocycles. The van der Waals surface area contributed by atoms with Crippen molar-refractivity contribution < 1.29 is 27.1 Å². The molecule has 0 fully saturated rings. The van der Waals surface area contributed by atoms with Gasteiger partial charge in [-0.3, -0.25) is 4.79 Å². The van der Waals surface area contributed by atoms with Crippen molar-refractivity contribution in [1.29, 1.82) is 0 Å². The molecule has 4 rings (SSSR count). The minimum absolute atomic E-state index is 0.00358. The summed E-state index contributed by atoms with van der Waals surface area (Å²) in [6.45, 7) is 0. The zero-order valence-electron chi connectivity index (χ0n) is 15.7. The van der Waals surface area contributed by atoms with E-state index in [1.54, 1.807) is 18.2 Å². The third-order valence-corrected chi connectivity index (χ3v) is 8.23. The Hall–Kier alpha value is -2.75. The smallest absolute Gasteiger partial charge is 0.303 e. The first-order valence-electron chi connectivity index (χ1n) is 8.99. The molecule has 160 valence electrons. The van der Waals surface area contributed by atoms with Gasteiger partial charge in [-0.05, 0) is 60.0 Å². The van der Waals surface area contributed by atoms with Gasteiger partial charge in [0, 0.05) is 27.9 Å². The van der Waals surface area contributed by atoms with Crippen LogP contribution in [-0.2, 0) is 21.2 Å². The molecule has 0 saturated heterocycles. The van der Waals surface area contributed by atoms with Crippen LogP contribution in [0.4, 0.5) is 8.78 Å². The van der Waals surface area contributed by atoms with Gasteiger partial charge in [-0.1, -0.05) is 17.7 Å². The summed E-state index contributed by atoms with van der Waals surface area (Å²) in [7, 11) is -4.02. The molecule has 0 aliphatic carbocycles. The van der Waals surface area contributed by atoms with E-state index in [0.29, 0.717) is 31.9 Å². The highest BCUT2D eigenvalue weighted by atomic mass is 35.5. The van der Waals surface area contributed by atoms with Gasteiger partial charge in [-0.15, -0.1) is 11.3 Å². The molecule has 31 heavy (non-hydrogen) atoms. The van der Waals surface area contributed by atoms with E-state index in [0.717, 1.165) is 27.4 Å². The third kappa shape index (κ3) is 4.08. The van der Waals surface area contributed by atoms with Crippen LogP contribution in [0.25, 0.3) is 21.3 Å². The molecule has 2 aromatic heterocycles. The van der Waals surface area contributed by atoms with Crippen LogP contribution in [0.2, 0.25) is 5.02 Å². The minimum atomic E-state index is -4.02. The van der Waals surface area contributed by atoms with E-state index in [2.05, 4.69) is 0 Å². The number of thiophene rings is 1. The zero-order chi connectivity index (χ0) is 22.3. The predicted octanol–water partition coefficient (Wildman–Crippen LogP) is 5.56. The molecule has 0 aliphatic heterocycles. The zero-order valence-corrected chi connectivity index (χ0v) is 18.1. The Morgan fingerprint density at radius 3 is 2.55 bits per heavy atom. The highest BCUT2D eigenvalue weighted by Gasteiger charge is 2.24. The second-order valence-electron chi connectivity index (χ2n) is 6.76. The van der Waals surface area contributed by atoms with Crippen molar-refractivity contribution in [3.05, 3.63) is 76.9 Å². The number of carbonyl (C=O) groups is 1. The number of aryl methyl sites for hydroxylation is 1. The van der Waals surface area contributed by atoms with Gasteiger partial charge < -0.3 is 5.11 Å². The first kappa shape index (κ1) is 21.5. The summed E-state index contributed by atoms with van der Waals surface area (Å²) in [5.41, 5.74) is 1.27. The van der Waals surface area contributed by atoms with E-state index in [4.69, 9.17) is 16.7 Å².